The van der Waals surface area contributed by atoms with Crippen molar-refractivity contribution in [1.82, 2.24) is 4.90 Å². The molecule has 0 heterocycles. The van der Waals surface area contributed by atoms with E-state index in [9.17, 15) is 14.9 Å². The number of ether oxygens (including phenoxy) is 1. The first-order valence-electron chi connectivity index (χ1n) is 8.83. The van der Waals surface area contributed by atoms with Gasteiger partial charge in [0.2, 0.25) is 5.91 Å². The van der Waals surface area contributed by atoms with E-state index in [2.05, 4.69) is 17.1 Å². The number of aryl methyl sites for hydroxylation is 1. The van der Waals surface area contributed by atoms with Crippen LogP contribution in [0.1, 0.15) is 24.5 Å². The molecule has 2 aromatic rings. The van der Waals surface area contributed by atoms with E-state index in [1.807, 2.05) is 24.3 Å². The van der Waals surface area contributed by atoms with E-state index in [-0.39, 0.29) is 11.6 Å². The van der Waals surface area contributed by atoms with E-state index in [0.29, 0.717) is 24.2 Å². The molecule has 0 aliphatic carbocycles. The normalized spacial score (nSPS) is 10.7. The van der Waals surface area contributed by atoms with E-state index in [0.717, 1.165) is 24.4 Å². The molecule has 0 aromatic heterocycles. The highest BCUT2D eigenvalue weighted by Crippen LogP contribution is 2.21. The zero-order valence-electron chi connectivity index (χ0n) is 15.9. The number of hydrogen-bond donors (Lipinski definition) is 1. The molecule has 0 bridgehead atoms. The molecule has 0 saturated carbocycles. The highest BCUT2D eigenvalue weighted by Gasteiger charge is 2.12. The SMILES string of the molecule is CCN(CCC(=O)Nc1ccc([N+](=O)[O-])cc1C)Cc1ccc(OC)cc1. The first-order chi connectivity index (χ1) is 12.9. The number of benzene rings is 2. The van der Waals surface area contributed by atoms with Crippen LogP contribution in [0.15, 0.2) is 42.5 Å². The molecule has 0 spiro atoms. The lowest BCUT2D eigenvalue weighted by Gasteiger charge is -2.20. The predicted molar refractivity (Wildman–Crippen MR) is 105 cm³/mol. The fraction of sp³-hybridized carbons (Fsp3) is 0.350. The molecule has 0 unspecified atom stereocenters. The van der Waals surface area contributed by atoms with Crippen molar-refractivity contribution in [2.75, 3.05) is 25.5 Å². The molecule has 0 aliphatic rings. The van der Waals surface area contributed by atoms with Crippen LogP contribution in [0.25, 0.3) is 0 Å². The lowest BCUT2D eigenvalue weighted by atomic mass is 10.1. The van der Waals surface area contributed by atoms with Crippen LogP contribution in [0.3, 0.4) is 0 Å². The van der Waals surface area contributed by atoms with Crippen LogP contribution in [0.5, 0.6) is 5.75 Å². The van der Waals surface area contributed by atoms with Gasteiger partial charge >= 0.3 is 0 Å². The van der Waals surface area contributed by atoms with Gasteiger partial charge in [0.15, 0.2) is 0 Å². The number of nitro groups is 1. The third-order valence-electron chi connectivity index (χ3n) is 4.36. The Kier molecular flexibility index (Phi) is 7.31. The third-order valence-corrected chi connectivity index (χ3v) is 4.36. The second-order valence-corrected chi connectivity index (χ2v) is 6.27. The van der Waals surface area contributed by atoms with Gasteiger partial charge in [-0.25, -0.2) is 0 Å². The first kappa shape index (κ1) is 20.4. The highest BCUT2D eigenvalue weighted by atomic mass is 16.6. The van der Waals surface area contributed by atoms with Gasteiger partial charge in [-0.05, 0) is 42.8 Å². The van der Waals surface area contributed by atoms with Crippen LogP contribution in [-0.4, -0.2) is 35.9 Å². The minimum Gasteiger partial charge on any atom is -0.497 e. The summed E-state index contributed by atoms with van der Waals surface area (Å²) in [6.07, 6.45) is 0.348. The van der Waals surface area contributed by atoms with Crippen molar-refractivity contribution in [3.63, 3.8) is 0 Å². The Bertz CT molecular complexity index is 790. The lowest BCUT2D eigenvalue weighted by molar-refractivity contribution is -0.384. The van der Waals surface area contributed by atoms with Gasteiger partial charge < -0.3 is 10.1 Å². The second kappa shape index (κ2) is 9.68. The van der Waals surface area contributed by atoms with Gasteiger partial charge in [0.05, 0.1) is 12.0 Å². The van der Waals surface area contributed by atoms with Crippen molar-refractivity contribution < 1.29 is 14.5 Å². The number of rotatable bonds is 9. The Morgan fingerprint density at radius 3 is 2.48 bits per heavy atom. The molecular formula is C20H25N3O4. The summed E-state index contributed by atoms with van der Waals surface area (Å²) in [5.74, 6) is 0.708. The molecule has 1 N–H and O–H groups in total. The quantitative estimate of drug-likeness (QED) is 0.536. The number of nitrogens with one attached hydrogen (secondary N) is 1. The molecule has 2 rings (SSSR count). The minimum atomic E-state index is -0.448. The summed E-state index contributed by atoms with van der Waals surface area (Å²) in [7, 11) is 1.64. The summed E-state index contributed by atoms with van der Waals surface area (Å²) in [5, 5.41) is 13.6. The Morgan fingerprint density at radius 2 is 1.93 bits per heavy atom. The van der Waals surface area contributed by atoms with Crippen LogP contribution < -0.4 is 10.1 Å². The summed E-state index contributed by atoms with van der Waals surface area (Å²) < 4.78 is 5.16. The Balaban J connectivity index is 1.88. The molecule has 0 saturated heterocycles. The standard InChI is InChI=1S/C20H25N3O4/c1-4-22(14-16-5-8-18(27-3)9-6-16)12-11-20(24)21-19-10-7-17(23(25)26)13-15(19)2/h5-10,13H,4,11-12,14H2,1-3H3,(H,21,24). The molecule has 27 heavy (non-hydrogen) atoms. The molecule has 0 radical (unpaired) electrons. The van der Waals surface area contributed by atoms with Gasteiger partial charge in [-0.15, -0.1) is 0 Å². The zero-order valence-corrected chi connectivity index (χ0v) is 15.9. The number of nitrogens with zero attached hydrogens (tertiary/aromatic N) is 2. The van der Waals surface area contributed by atoms with Crippen LogP contribution >= 0.6 is 0 Å². The van der Waals surface area contributed by atoms with Crippen LogP contribution in [0, 0.1) is 17.0 Å². The number of hydrogen-bond acceptors (Lipinski definition) is 5. The van der Waals surface area contributed by atoms with Gasteiger partial charge in [0.25, 0.3) is 5.69 Å². The lowest BCUT2D eigenvalue weighted by Crippen LogP contribution is -2.27. The molecule has 1 amide bonds. The number of carbonyl (C=O) groups is 1. The number of methoxy groups -OCH3 is 1. The van der Waals surface area contributed by atoms with E-state index in [4.69, 9.17) is 4.74 Å². The van der Waals surface area contributed by atoms with E-state index in [1.54, 1.807) is 20.1 Å². The Morgan fingerprint density at radius 1 is 1.22 bits per heavy atom. The maximum atomic E-state index is 12.3. The number of amides is 1. The van der Waals surface area contributed by atoms with Gasteiger partial charge in [0, 0.05) is 37.3 Å². The van der Waals surface area contributed by atoms with Gasteiger partial charge in [-0.3, -0.25) is 19.8 Å². The van der Waals surface area contributed by atoms with Crippen LogP contribution in [-0.2, 0) is 11.3 Å². The average molecular weight is 371 g/mol. The maximum Gasteiger partial charge on any atom is 0.269 e. The summed E-state index contributed by atoms with van der Waals surface area (Å²) in [6, 6.07) is 12.3. The zero-order chi connectivity index (χ0) is 19.8. The first-order valence-corrected chi connectivity index (χ1v) is 8.83. The van der Waals surface area contributed by atoms with Crippen LogP contribution in [0.2, 0.25) is 0 Å². The highest BCUT2D eigenvalue weighted by molar-refractivity contribution is 5.91. The molecule has 0 atom stereocenters. The van der Waals surface area contributed by atoms with Crippen LogP contribution in [0.4, 0.5) is 11.4 Å². The monoisotopic (exact) mass is 371 g/mol. The minimum absolute atomic E-state index is 0.0159. The van der Waals surface area contributed by atoms with Crippen molar-refractivity contribution in [2.45, 2.75) is 26.8 Å². The number of non-ortho nitro benzene ring substituents is 1. The smallest absolute Gasteiger partial charge is 0.269 e. The maximum absolute atomic E-state index is 12.3. The molecule has 7 heteroatoms. The van der Waals surface area contributed by atoms with Gasteiger partial charge in [-0.2, -0.15) is 0 Å². The number of carbonyl (C=O) groups excluding carboxylic acids is 1. The van der Waals surface area contributed by atoms with E-state index in [1.165, 1.54) is 12.1 Å². The van der Waals surface area contributed by atoms with Crippen molar-refractivity contribution in [1.29, 1.82) is 0 Å². The molecular weight excluding hydrogens is 346 g/mol. The van der Waals surface area contributed by atoms with E-state index < -0.39 is 4.92 Å². The summed E-state index contributed by atoms with van der Waals surface area (Å²) in [6.45, 7) is 6.01. The molecule has 2 aromatic carbocycles. The van der Waals surface area contributed by atoms with Crippen molar-refractivity contribution in [3.05, 3.63) is 63.7 Å². The molecule has 0 aliphatic heterocycles. The third kappa shape index (κ3) is 6.07. The molecule has 0 fully saturated rings. The van der Waals surface area contributed by atoms with Crippen molar-refractivity contribution in [2.24, 2.45) is 0 Å². The summed E-state index contributed by atoms with van der Waals surface area (Å²) in [4.78, 5) is 24.8. The Labute approximate surface area is 159 Å². The predicted octanol–water partition coefficient (Wildman–Crippen LogP) is 3.76. The average Bonchev–Trinajstić information content (AvgIpc) is 2.67. The Hall–Kier alpha value is -2.93. The fourth-order valence-corrected chi connectivity index (χ4v) is 2.71. The van der Waals surface area contributed by atoms with E-state index >= 15 is 0 Å². The second-order valence-electron chi connectivity index (χ2n) is 6.27. The summed E-state index contributed by atoms with van der Waals surface area (Å²) >= 11 is 0. The number of nitro benzene ring substituents is 1. The van der Waals surface area contributed by atoms with Gasteiger partial charge in [0.1, 0.15) is 5.75 Å². The van der Waals surface area contributed by atoms with Crippen molar-refractivity contribution in [3.8, 4) is 5.75 Å². The fourth-order valence-electron chi connectivity index (χ4n) is 2.71. The molecule has 144 valence electrons. The largest absolute Gasteiger partial charge is 0.497 e. The molecule has 7 nitrogen and oxygen atoms in total. The van der Waals surface area contributed by atoms with Gasteiger partial charge in [-0.1, -0.05) is 19.1 Å². The summed E-state index contributed by atoms with van der Waals surface area (Å²) in [5.41, 5.74) is 2.44. The topological polar surface area (TPSA) is 84.7 Å². The number of anilines is 1. The van der Waals surface area contributed by atoms with Crippen molar-refractivity contribution >= 4 is 17.3 Å².